The van der Waals surface area contributed by atoms with Crippen molar-refractivity contribution in [2.24, 2.45) is 0 Å². The van der Waals surface area contributed by atoms with Crippen molar-refractivity contribution in [3.05, 3.63) is 200 Å². The lowest BCUT2D eigenvalue weighted by atomic mass is 9.95. The summed E-state index contributed by atoms with van der Waals surface area (Å²) in [5.74, 6) is 0. The van der Waals surface area contributed by atoms with Crippen LogP contribution in [-0.4, -0.2) is 0 Å². The lowest BCUT2D eigenvalue weighted by molar-refractivity contribution is 0.669. The Balaban J connectivity index is 1.17. The summed E-state index contributed by atoms with van der Waals surface area (Å²) in [5.41, 5.74) is 12.1. The fraction of sp³-hybridized carbons (Fsp3) is 0. The molecule has 0 saturated heterocycles. The SMILES string of the molecule is c1ccc(-c2ccc(-c3ccc4ccccc4c3)cc2N(c2cccc(-c3ccc4c(c3)oc3ccccc34)c2)c2cccc3sc4ccccc4c23)cc1. The molecule has 0 spiro atoms. The zero-order valence-corrected chi connectivity index (χ0v) is 30.6. The molecule has 3 heteroatoms. The Labute approximate surface area is 322 Å². The van der Waals surface area contributed by atoms with Crippen molar-refractivity contribution in [2.45, 2.75) is 0 Å². The van der Waals surface area contributed by atoms with Gasteiger partial charge in [-0.3, -0.25) is 0 Å². The summed E-state index contributed by atoms with van der Waals surface area (Å²) in [5, 5.41) is 7.26. The van der Waals surface area contributed by atoms with E-state index in [0.717, 1.165) is 55.7 Å². The predicted molar refractivity (Wildman–Crippen MR) is 235 cm³/mol. The lowest BCUT2D eigenvalue weighted by Crippen LogP contribution is -2.12. The average Bonchev–Trinajstić information content (AvgIpc) is 3.83. The molecule has 11 aromatic rings. The molecule has 0 saturated carbocycles. The number of benzene rings is 9. The number of nitrogens with zero attached hydrogens (tertiary/aromatic N) is 1. The van der Waals surface area contributed by atoms with Gasteiger partial charge in [-0.2, -0.15) is 0 Å². The van der Waals surface area contributed by atoms with Crippen LogP contribution in [0, 0.1) is 0 Å². The largest absolute Gasteiger partial charge is 0.456 e. The second-order valence-electron chi connectivity index (χ2n) is 14.1. The number of hydrogen-bond acceptors (Lipinski definition) is 3. The minimum atomic E-state index is 0.893. The van der Waals surface area contributed by atoms with Crippen LogP contribution in [0.2, 0.25) is 0 Å². The molecule has 0 aliphatic rings. The van der Waals surface area contributed by atoms with E-state index in [1.807, 2.05) is 23.5 Å². The quantitative estimate of drug-likeness (QED) is 0.170. The van der Waals surface area contributed by atoms with Crippen molar-refractivity contribution in [2.75, 3.05) is 4.90 Å². The van der Waals surface area contributed by atoms with Gasteiger partial charge in [0.15, 0.2) is 0 Å². The molecule has 2 nitrogen and oxygen atoms in total. The molecule has 0 aliphatic carbocycles. The molecule has 2 aromatic heterocycles. The molecule has 0 fully saturated rings. The number of rotatable bonds is 6. The van der Waals surface area contributed by atoms with E-state index in [2.05, 4.69) is 193 Å². The molecule has 258 valence electrons. The van der Waals surface area contributed by atoms with Crippen molar-refractivity contribution in [3.8, 4) is 33.4 Å². The summed E-state index contributed by atoms with van der Waals surface area (Å²) in [6.07, 6.45) is 0. The minimum Gasteiger partial charge on any atom is -0.456 e. The molecule has 2 heterocycles. The first-order valence-corrected chi connectivity index (χ1v) is 19.5. The van der Waals surface area contributed by atoms with E-state index in [1.54, 1.807) is 0 Å². The van der Waals surface area contributed by atoms with Crippen LogP contribution in [0.1, 0.15) is 0 Å². The topological polar surface area (TPSA) is 16.4 Å². The molecule has 0 atom stereocenters. The maximum atomic E-state index is 6.35. The number of hydrogen-bond donors (Lipinski definition) is 0. The minimum absolute atomic E-state index is 0.893. The van der Waals surface area contributed by atoms with Crippen LogP contribution in [0.5, 0.6) is 0 Å². The number of furan rings is 1. The highest BCUT2D eigenvalue weighted by Crippen LogP contribution is 2.49. The third kappa shape index (κ3) is 5.40. The fourth-order valence-electron chi connectivity index (χ4n) is 8.21. The molecule has 0 bridgehead atoms. The van der Waals surface area contributed by atoms with Gasteiger partial charge in [0.05, 0.1) is 11.4 Å². The summed E-state index contributed by atoms with van der Waals surface area (Å²) in [6, 6.07) is 72.4. The summed E-state index contributed by atoms with van der Waals surface area (Å²) in [4.78, 5) is 2.48. The number of fused-ring (bicyclic) bond motifs is 7. The van der Waals surface area contributed by atoms with Crippen molar-refractivity contribution >= 4 is 81.3 Å². The molecular formula is C52H33NOS. The third-order valence-electron chi connectivity index (χ3n) is 10.8. The first kappa shape index (κ1) is 31.6. The van der Waals surface area contributed by atoms with Crippen LogP contribution < -0.4 is 4.90 Å². The monoisotopic (exact) mass is 719 g/mol. The summed E-state index contributed by atoms with van der Waals surface area (Å²) in [6.45, 7) is 0. The van der Waals surface area contributed by atoms with Crippen molar-refractivity contribution in [1.82, 2.24) is 0 Å². The molecule has 0 N–H and O–H groups in total. The predicted octanol–water partition coefficient (Wildman–Crippen LogP) is 15.6. The van der Waals surface area contributed by atoms with Gasteiger partial charge >= 0.3 is 0 Å². The number of thiophene rings is 1. The van der Waals surface area contributed by atoms with Crippen LogP contribution in [0.15, 0.2) is 205 Å². The fourth-order valence-corrected chi connectivity index (χ4v) is 9.33. The Hall–Kier alpha value is -6.94. The molecule has 11 rings (SSSR count). The highest BCUT2D eigenvalue weighted by atomic mass is 32.1. The van der Waals surface area contributed by atoms with Crippen LogP contribution in [-0.2, 0) is 0 Å². The molecule has 0 radical (unpaired) electrons. The van der Waals surface area contributed by atoms with Crippen LogP contribution >= 0.6 is 11.3 Å². The Morgan fingerprint density at radius 1 is 0.364 bits per heavy atom. The highest BCUT2D eigenvalue weighted by molar-refractivity contribution is 7.26. The second kappa shape index (κ2) is 12.9. The van der Waals surface area contributed by atoms with Gasteiger partial charge in [0.1, 0.15) is 11.2 Å². The van der Waals surface area contributed by atoms with E-state index in [1.165, 1.54) is 47.6 Å². The summed E-state index contributed by atoms with van der Waals surface area (Å²) in [7, 11) is 0. The van der Waals surface area contributed by atoms with E-state index >= 15 is 0 Å². The van der Waals surface area contributed by atoms with Crippen LogP contribution in [0.4, 0.5) is 17.1 Å². The molecule has 0 unspecified atom stereocenters. The van der Waals surface area contributed by atoms with Gasteiger partial charge in [-0.05, 0) is 99.3 Å². The van der Waals surface area contributed by atoms with Crippen LogP contribution in [0.3, 0.4) is 0 Å². The summed E-state index contributed by atoms with van der Waals surface area (Å²) >= 11 is 1.85. The second-order valence-corrected chi connectivity index (χ2v) is 15.2. The van der Waals surface area contributed by atoms with E-state index in [9.17, 15) is 0 Å². The Morgan fingerprint density at radius 3 is 1.95 bits per heavy atom. The number of anilines is 3. The zero-order valence-electron chi connectivity index (χ0n) is 29.8. The van der Waals surface area contributed by atoms with Gasteiger partial charge in [0.25, 0.3) is 0 Å². The standard InChI is InChI=1S/C52H33NOS/c1-2-13-35(14-3-1)42-28-26-39(38-25-24-34-12-4-5-15-36(34)30-38)32-47(42)53(46-20-11-23-51-52(46)45-19-7-9-22-50(45)55-51)41-17-10-16-37(31-41)40-27-29-44-43-18-6-8-21-48(43)54-49(44)33-40/h1-33H. The van der Waals surface area contributed by atoms with E-state index in [-0.39, 0.29) is 0 Å². The van der Waals surface area contributed by atoms with E-state index in [0.29, 0.717) is 0 Å². The van der Waals surface area contributed by atoms with Crippen molar-refractivity contribution < 1.29 is 4.42 Å². The third-order valence-corrected chi connectivity index (χ3v) is 12.0. The van der Waals surface area contributed by atoms with Gasteiger partial charge in [0, 0.05) is 42.2 Å². The molecule has 0 amide bonds. The molecule has 55 heavy (non-hydrogen) atoms. The smallest absolute Gasteiger partial charge is 0.136 e. The van der Waals surface area contributed by atoms with Gasteiger partial charge in [-0.1, -0.05) is 140 Å². The van der Waals surface area contributed by atoms with Gasteiger partial charge < -0.3 is 9.32 Å². The Morgan fingerprint density at radius 2 is 1.02 bits per heavy atom. The molecule has 9 aromatic carbocycles. The highest BCUT2D eigenvalue weighted by Gasteiger charge is 2.23. The van der Waals surface area contributed by atoms with Crippen molar-refractivity contribution in [1.29, 1.82) is 0 Å². The van der Waals surface area contributed by atoms with Gasteiger partial charge in [0.2, 0.25) is 0 Å². The summed E-state index contributed by atoms with van der Waals surface area (Å²) < 4.78 is 8.90. The maximum Gasteiger partial charge on any atom is 0.136 e. The normalized spacial score (nSPS) is 11.6. The first-order chi connectivity index (χ1) is 27.2. The number of para-hydroxylation sites is 1. The van der Waals surface area contributed by atoms with E-state index in [4.69, 9.17) is 4.42 Å². The Kier molecular flexibility index (Phi) is 7.39. The van der Waals surface area contributed by atoms with Gasteiger partial charge in [-0.25, -0.2) is 0 Å². The maximum absolute atomic E-state index is 6.35. The Bertz CT molecular complexity index is 3230. The molecule has 0 aliphatic heterocycles. The molecular weight excluding hydrogens is 687 g/mol. The average molecular weight is 720 g/mol. The van der Waals surface area contributed by atoms with Crippen molar-refractivity contribution in [3.63, 3.8) is 0 Å². The first-order valence-electron chi connectivity index (χ1n) is 18.7. The van der Waals surface area contributed by atoms with Gasteiger partial charge in [-0.15, -0.1) is 11.3 Å². The van der Waals surface area contributed by atoms with E-state index < -0.39 is 0 Å². The zero-order chi connectivity index (χ0) is 36.3. The lowest BCUT2D eigenvalue weighted by Gasteiger charge is -2.30. The van der Waals surface area contributed by atoms with Crippen LogP contribution in [0.25, 0.3) is 86.3 Å².